The van der Waals surface area contributed by atoms with Gasteiger partial charge in [-0.2, -0.15) is 15.3 Å². The van der Waals surface area contributed by atoms with Crippen LogP contribution in [0, 0.1) is 11.3 Å². The van der Waals surface area contributed by atoms with Crippen LogP contribution in [0.25, 0.3) is 11.1 Å². The van der Waals surface area contributed by atoms with Crippen LogP contribution in [-0.4, -0.2) is 47.8 Å². The lowest BCUT2D eigenvalue weighted by Crippen LogP contribution is -2.49. The third-order valence-corrected chi connectivity index (χ3v) is 8.51. The van der Waals surface area contributed by atoms with Gasteiger partial charge < -0.3 is 16.0 Å². The Kier molecular flexibility index (Phi) is 9.22. The maximum absolute atomic E-state index is 13.7. The van der Waals surface area contributed by atoms with Gasteiger partial charge >= 0.3 is 6.03 Å². The van der Waals surface area contributed by atoms with Crippen molar-refractivity contribution in [3.8, 4) is 17.2 Å². The fraction of sp³-hybridized carbons (Fsp3) is 0.281. The summed E-state index contributed by atoms with van der Waals surface area (Å²) in [7, 11) is 1.88. The Balaban J connectivity index is 1.13. The number of aryl methyl sites for hydroxylation is 1. The zero-order valence-electron chi connectivity index (χ0n) is 24.8. The highest BCUT2D eigenvalue weighted by Gasteiger charge is 2.31. The van der Waals surface area contributed by atoms with Gasteiger partial charge in [-0.25, -0.2) is 19.7 Å². The van der Waals surface area contributed by atoms with Crippen molar-refractivity contribution in [1.29, 1.82) is 5.26 Å². The number of anilines is 3. The number of nitrogens with zero attached hydrogens (tertiary/aromatic N) is 8. The summed E-state index contributed by atoms with van der Waals surface area (Å²) in [6, 6.07) is 15.8. The largest absolute Gasteiger partial charge is 0.362 e. The van der Waals surface area contributed by atoms with Crippen LogP contribution in [0.3, 0.4) is 0 Å². The van der Waals surface area contributed by atoms with Crippen LogP contribution in [0.1, 0.15) is 41.8 Å². The van der Waals surface area contributed by atoms with Gasteiger partial charge in [0.25, 0.3) is 0 Å². The second-order valence-electron chi connectivity index (χ2n) is 10.8. The molecule has 1 fully saturated rings. The van der Waals surface area contributed by atoms with Gasteiger partial charge in [0.05, 0.1) is 18.9 Å². The summed E-state index contributed by atoms with van der Waals surface area (Å²) >= 11 is 1.54. The number of nitriles is 1. The summed E-state index contributed by atoms with van der Waals surface area (Å²) in [6.07, 6.45) is 12.0. The van der Waals surface area contributed by atoms with Crippen molar-refractivity contribution < 1.29 is 4.79 Å². The van der Waals surface area contributed by atoms with E-state index in [-0.39, 0.29) is 18.1 Å². The topological polar surface area (TPSA) is 150 Å². The predicted molar refractivity (Wildman–Crippen MR) is 173 cm³/mol. The average molecular weight is 620 g/mol. The molecule has 0 atom stereocenters. The molecule has 2 amide bonds. The first kappa shape index (κ1) is 29.7. The number of amides is 2. The maximum atomic E-state index is 13.7. The van der Waals surface area contributed by atoms with E-state index in [9.17, 15) is 10.1 Å². The SMILES string of the molecule is Cn1cc(-c2ccc(N(C(=O)NCc3ccccc3)[C@H]3CC[C@H](Nc4ncc(C#N)c(NCc5nccs5)n4)CC3)nc2)cn1. The molecule has 4 heterocycles. The molecule has 13 heteroatoms. The second kappa shape index (κ2) is 14.0. The van der Waals surface area contributed by atoms with Crippen LogP contribution in [0.15, 0.2) is 78.8 Å². The molecule has 4 aromatic heterocycles. The maximum Gasteiger partial charge on any atom is 0.323 e. The molecule has 0 saturated heterocycles. The molecule has 0 unspecified atom stereocenters. The molecule has 0 radical (unpaired) electrons. The van der Waals surface area contributed by atoms with E-state index in [0.29, 0.717) is 36.2 Å². The molecular weight excluding hydrogens is 586 g/mol. The van der Waals surface area contributed by atoms with Crippen LogP contribution in [-0.2, 0) is 20.1 Å². The van der Waals surface area contributed by atoms with Gasteiger partial charge in [-0.1, -0.05) is 30.3 Å². The zero-order chi connectivity index (χ0) is 31.0. The monoisotopic (exact) mass is 619 g/mol. The van der Waals surface area contributed by atoms with E-state index >= 15 is 0 Å². The first-order valence-corrected chi connectivity index (χ1v) is 15.7. The summed E-state index contributed by atoms with van der Waals surface area (Å²) in [5.74, 6) is 1.54. The smallest absolute Gasteiger partial charge is 0.323 e. The number of carbonyl (C=O) groups excluding carboxylic acids is 1. The fourth-order valence-corrected chi connectivity index (χ4v) is 5.97. The molecular formula is C32H33N11OS. The molecule has 0 spiro atoms. The highest BCUT2D eigenvalue weighted by atomic mass is 32.1. The van der Waals surface area contributed by atoms with E-state index in [1.807, 2.05) is 61.1 Å². The molecule has 0 aliphatic heterocycles. The van der Waals surface area contributed by atoms with Gasteiger partial charge in [0.15, 0.2) is 0 Å². The molecule has 1 aliphatic carbocycles. The summed E-state index contributed by atoms with van der Waals surface area (Å²) in [6.45, 7) is 0.906. The Hall–Kier alpha value is -5.35. The normalized spacial score (nSPS) is 16.0. The number of hydrogen-bond donors (Lipinski definition) is 3. The lowest BCUT2D eigenvalue weighted by molar-refractivity contribution is 0.240. The lowest BCUT2D eigenvalue weighted by atomic mass is 9.90. The number of rotatable bonds is 10. The van der Waals surface area contributed by atoms with Crippen molar-refractivity contribution in [2.24, 2.45) is 7.05 Å². The molecule has 3 N–H and O–H groups in total. The number of urea groups is 1. The number of thiazole rings is 1. The molecule has 5 aromatic rings. The number of hydrogen-bond acceptors (Lipinski definition) is 10. The third-order valence-electron chi connectivity index (χ3n) is 7.73. The minimum Gasteiger partial charge on any atom is -0.362 e. The Morgan fingerprint density at radius 3 is 2.56 bits per heavy atom. The minimum atomic E-state index is -0.178. The van der Waals surface area contributed by atoms with Crippen molar-refractivity contribution in [1.82, 2.24) is 35.0 Å². The lowest BCUT2D eigenvalue weighted by Gasteiger charge is -2.36. The average Bonchev–Trinajstić information content (AvgIpc) is 3.77. The Morgan fingerprint density at radius 2 is 1.87 bits per heavy atom. The van der Waals surface area contributed by atoms with Crippen molar-refractivity contribution in [3.05, 3.63) is 95.0 Å². The van der Waals surface area contributed by atoms with Crippen LogP contribution in [0.2, 0.25) is 0 Å². The van der Waals surface area contributed by atoms with E-state index in [1.54, 1.807) is 28.2 Å². The van der Waals surface area contributed by atoms with Crippen molar-refractivity contribution in [2.45, 2.75) is 50.9 Å². The fourth-order valence-electron chi connectivity index (χ4n) is 5.41. The number of aromatic nitrogens is 6. The van der Waals surface area contributed by atoms with E-state index in [4.69, 9.17) is 4.98 Å². The van der Waals surface area contributed by atoms with Gasteiger partial charge in [-0.3, -0.25) is 9.58 Å². The van der Waals surface area contributed by atoms with Crippen LogP contribution in [0.5, 0.6) is 0 Å². The van der Waals surface area contributed by atoms with Crippen LogP contribution < -0.4 is 20.9 Å². The zero-order valence-corrected chi connectivity index (χ0v) is 25.6. The van der Waals surface area contributed by atoms with Crippen LogP contribution >= 0.6 is 11.3 Å². The first-order chi connectivity index (χ1) is 22.1. The molecule has 1 aliphatic rings. The van der Waals surface area contributed by atoms with Gasteiger partial charge in [0, 0.05) is 60.8 Å². The molecule has 6 rings (SSSR count). The number of carbonyl (C=O) groups is 1. The Morgan fingerprint density at radius 1 is 1.02 bits per heavy atom. The molecule has 0 bridgehead atoms. The van der Waals surface area contributed by atoms with Gasteiger partial charge in [-0.15, -0.1) is 11.3 Å². The van der Waals surface area contributed by atoms with Crippen molar-refractivity contribution >= 4 is 35.0 Å². The second-order valence-corrected chi connectivity index (χ2v) is 11.8. The first-order valence-electron chi connectivity index (χ1n) is 14.8. The molecule has 45 heavy (non-hydrogen) atoms. The van der Waals surface area contributed by atoms with Gasteiger partial charge in [-0.05, 0) is 43.4 Å². The third kappa shape index (κ3) is 7.42. The molecule has 228 valence electrons. The molecule has 1 aromatic carbocycles. The summed E-state index contributed by atoms with van der Waals surface area (Å²) in [4.78, 5) is 33.4. The van der Waals surface area contributed by atoms with E-state index in [0.717, 1.165) is 47.4 Å². The number of nitrogens with one attached hydrogen (secondary N) is 3. The Bertz CT molecular complexity index is 1740. The predicted octanol–water partition coefficient (Wildman–Crippen LogP) is 5.35. The van der Waals surface area contributed by atoms with E-state index in [2.05, 4.69) is 42.1 Å². The standard InChI is InChI=1S/C32H33N11OS/c1-42-21-25(19-39-42)23-7-12-28(35-17-23)43(32(44)38-16-22-5-3-2-4-6-22)27-10-8-26(9-11-27)40-31-37-18-24(15-33)30(41-31)36-20-29-34-13-14-45-29/h2-7,12-14,17-19,21,26-27H,8-11,16,20H2,1H3,(H,38,44)(H2,36,37,40,41)/t26-,27-. The molecule has 1 saturated carbocycles. The quantitative estimate of drug-likeness (QED) is 0.188. The van der Waals surface area contributed by atoms with Crippen LogP contribution in [0.4, 0.5) is 22.4 Å². The highest BCUT2D eigenvalue weighted by Crippen LogP contribution is 2.30. The van der Waals surface area contributed by atoms with Crippen molar-refractivity contribution in [3.63, 3.8) is 0 Å². The van der Waals surface area contributed by atoms with E-state index in [1.165, 1.54) is 17.5 Å². The summed E-state index contributed by atoms with van der Waals surface area (Å²) < 4.78 is 1.75. The number of benzene rings is 1. The van der Waals surface area contributed by atoms with Gasteiger partial charge in [0.2, 0.25) is 5.95 Å². The minimum absolute atomic E-state index is 0.0343. The summed E-state index contributed by atoms with van der Waals surface area (Å²) in [5.41, 5.74) is 3.31. The van der Waals surface area contributed by atoms with Crippen molar-refractivity contribution in [2.75, 3.05) is 15.5 Å². The summed E-state index contributed by atoms with van der Waals surface area (Å²) in [5, 5.41) is 26.4. The highest BCUT2D eigenvalue weighted by molar-refractivity contribution is 7.09. The number of pyridine rings is 1. The molecule has 12 nitrogen and oxygen atoms in total. The Labute approximate surface area is 265 Å². The van der Waals surface area contributed by atoms with Gasteiger partial charge in [0.1, 0.15) is 28.3 Å². The van der Waals surface area contributed by atoms with E-state index < -0.39 is 0 Å².